The summed E-state index contributed by atoms with van der Waals surface area (Å²) in [7, 11) is 1.77. The molecule has 27 heavy (non-hydrogen) atoms. The minimum Gasteiger partial charge on any atom is -0.342 e. The van der Waals surface area contributed by atoms with Crippen molar-refractivity contribution in [2.45, 2.75) is 25.2 Å². The fraction of sp³-hybridized carbons (Fsp3) is 0.389. The Labute approximate surface area is 155 Å². The maximum Gasteiger partial charge on any atom is 0.230 e. The lowest BCUT2D eigenvalue weighted by Crippen LogP contribution is -2.39. The molecule has 8 nitrogen and oxygen atoms in total. The molecule has 3 heterocycles. The number of hydrogen-bond donors (Lipinski definition) is 0. The first-order chi connectivity index (χ1) is 13.1. The van der Waals surface area contributed by atoms with Crippen LogP contribution in [-0.2, 0) is 18.3 Å². The van der Waals surface area contributed by atoms with Crippen LogP contribution in [0.25, 0.3) is 11.4 Å². The van der Waals surface area contributed by atoms with Crippen LogP contribution in [0.4, 0.5) is 4.39 Å². The van der Waals surface area contributed by atoms with Crippen molar-refractivity contribution < 1.29 is 13.7 Å². The van der Waals surface area contributed by atoms with E-state index in [1.165, 1.54) is 12.1 Å². The molecule has 0 aliphatic carbocycles. The van der Waals surface area contributed by atoms with Crippen molar-refractivity contribution in [3.05, 3.63) is 48.1 Å². The molecule has 9 heteroatoms. The summed E-state index contributed by atoms with van der Waals surface area (Å²) in [6.07, 6.45) is 3.31. The molecule has 0 N–H and O–H groups in total. The Bertz CT molecular complexity index is 927. The fourth-order valence-electron chi connectivity index (χ4n) is 3.21. The standard InChI is InChI=1S/C18H19FN6O2/c1-24-11-20-15(22-24)10-16(26)25-8-6-13(7-9-25)18-21-17(23-27-18)12-2-4-14(19)5-3-12/h2-5,11,13H,6-10H2,1H3. The van der Waals surface area contributed by atoms with Crippen LogP contribution in [0.2, 0.25) is 0 Å². The predicted molar refractivity (Wildman–Crippen MR) is 93.0 cm³/mol. The van der Waals surface area contributed by atoms with Gasteiger partial charge in [-0.2, -0.15) is 10.1 Å². The van der Waals surface area contributed by atoms with Gasteiger partial charge in [0.05, 0.1) is 6.42 Å². The van der Waals surface area contributed by atoms with E-state index in [0.717, 1.165) is 12.8 Å². The number of piperidine rings is 1. The molecule has 1 saturated heterocycles. The first kappa shape index (κ1) is 17.3. The Morgan fingerprint density at radius 2 is 2.00 bits per heavy atom. The third-order valence-corrected chi connectivity index (χ3v) is 4.70. The van der Waals surface area contributed by atoms with E-state index in [9.17, 15) is 9.18 Å². The second-order valence-corrected chi connectivity index (χ2v) is 6.63. The van der Waals surface area contributed by atoms with Gasteiger partial charge in [0.1, 0.15) is 12.1 Å². The van der Waals surface area contributed by atoms with E-state index >= 15 is 0 Å². The van der Waals surface area contributed by atoms with Gasteiger partial charge in [0.25, 0.3) is 0 Å². The molecule has 0 unspecified atom stereocenters. The third-order valence-electron chi connectivity index (χ3n) is 4.70. The molecule has 3 aromatic rings. The van der Waals surface area contributed by atoms with Crippen molar-refractivity contribution in [3.8, 4) is 11.4 Å². The zero-order valence-electron chi connectivity index (χ0n) is 14.9. The molecular formula is C18H19FN6O2. The average Bonchev–Trinajstić information content (AvgIpc) is 3.32. The highest BCUT2D eigenvalue weighted by molar-refractivity contribution is 5.78. The highest BCUT2D eigenvalue weighted by Crippen LogP contribution is 2.28. The SMILES string of the molecule is Cn1cnc(CC(=O)N2CCC(c3nc(-c4ccc(F)cc4)no3)CC2)n1. The van der Waals surface area contributed by atoms with Crippen molar-refractivity contribution >= 4 is 5.91 Å². The molecular weight excluding hydrogens is 351 g/mol. The first-order valence-corrected chi connectivity index (χ1v) is 8.80. The summed E-state index contributed by atoms with van der Waals surface area (Å²) in [6.45, 7) is 1.26. The quantitative estimate of drug-likeness (QED) is 0.697. The number of rotatable bonds is 4. The van der Waals surface area contributed by atoms with Crippen LogP contribution >= 0.6 is 0 Å². The van der Waals surface area contributed by atoms with E-state index in [-0.39, 0.29) is 24.1 Å². The minimum atomic E-state index is -0.305. The Hall–Kier alpha value is -3.10. The van der Waals surface area contributed by atoms with Crippen LogP contribution in [0.15, 0.2) is 35.1 Å². The number of halogens is 1. The minimum absolute atomic E-state index is 0.0252. The summed E-state index contributed by atoms with van der Waals surface area (Å²) in [4.78, 5) is 22.8. The lowest BCUT2D eigenvalue weighted by molar-refractivity contribution is -0.131. The van der Waals surface area contributed by atoms with Crippen molar-refractivity contribution in [2.75, 3.05) is 13.1 Å². The van der Waals surface area contributed by atoms with E-state index in [1.807, 2.05) is 4.90 Å². The van der Waals surface area contributed by atoms with E-state index in [4.69, 9.17) is 4.52 Å². The largest absolute Gasteiger partial charge is 0.342 e. The Balaban J connectivity index is 1.35. The van der Waals surface area contributed by atoms with Crippen LogP contribution in [0, 0.1) is 5.82 Å². The molecule has 1 aromatic carbocycles. The molecule has 2 aromatic heterocycles. The molecule has 0 radical (unpaired) electrons. The van der Waals surface area contributed by atoms with Crippen molar-refractivity contribution in [1.29, 1.82) is 0 Å². The lowest BCUT2D eigenvalue weighted by Gasteiger charge is -2.30. The second kappa shape index (κ2) is 7.26. The van der Waals surface area contributed by atoms with Gasteiger partial charge in [0.15, 0.2) is 5.82 Å². The summed E-state index contributed by atoms with van der Waals surface area (Å²) in [6, 6.07) is 5.98. The number of aromatic nitrogens is 5. The fourth-order valence-corrected chi connectivity index (χ4v) is 3.21. The maximum absolute atomic E-state index is 13.0. The highest BCUT2D eigenvalue weighted by Gasteiger charge is 2.28. The van der Waals surface area contributed by atoms with Crippen LogP contribution < -0.4 is 0 Å². The number of benzene rings is 1. The van der Waals surface area contributed by atoms with Gasteiger partial charge in [-0.15, -0.1) is 0 Å². The number of hydrogen-bond acceptors (Lipinski definition) is 6. The average molecular weight is 370 g/mol. The number of nitrogens with zero attached hydrogens (tertiary/aromatic N) is 6. The molecule has 0 bridgehead atoms. The Morgan fingerprint density at radius 1 is 1.26 bits per heavy atom. The Kier molecular flexibility index (Phi) is 4.66. The van der Waals surface area contributed by atoms with Crippen LogP contribution in [0.5, 0.6) is 0 Å². The van der Waals surface area contributed by atoms with E-state index in [1.54, 1.807) is 30.2 Å². The molecule has 1 aliphatic rings. The lowest BCUT2D eigenvalue weighted by atomic mass is 9.96. The van der Waals surface area contributed by atoms with Gasteiger partial charge in [-0.1, -0.05) is 5.16 Å². The number of carbonyl (C=O) groups excluding carboxylic acids is 1. The van der Waals surface area contributed by atoms with Gasteiger partial charge in [-0.05, 0) is 37.1 Å². The van der Waals surface area contributed by atoms with Crippen LogP contribution in [0.3, 0.4) is 0 Å². The Morgan fingerprint density at radius 3 is 2.67 bits per heavy atom. The molecule has 0 atom stereocenters. The van der Waals surface area contributed by atoms with E-state index in [2.05, 4.69) is 20.2 Å². The maximum atomic E-state index is 13.0. The van der Waals surface area contributed by atoms with Crippen LogP contribution in [-0.4, -0.2) is 48.8 Å². The normalized spacial score (nSPS) is 15.3. The molecule has 1 fully saturated rings. The number of carbonyl (C=O) groups is 1. The third kappa shape index (κ3) is 3.86. The molecule has 1 aliphatic heterocycles. The van der Waals surface area contributed by atoms with E-state index in [0.29, 0.717) is 36.2 Å². The van der Waals surface area contributed by atoms with Crippen LogP contribution in [0.1, 0.15) is 30.5 Å². The summed E-state index contributed by atoms with van der Waals surface area (Å²) in [5, 5.41) is 8.14. The van der Waals surface area contributed by atoms with Crippen molar-refractivity contribution in [3.63, 3.8) is 0 Å². The van der Waals surface area contributed by atoms with Crippen molar-refractivity contribution in [2.24, 2.45) is 7.05 Å². The highest BCUT2D eigenvalue weighted by atomic mass is 19.1. The summed E-state index contributed by atoms with van der Waals surface area (Å²) < 4.78 is 20.0. The predicted octanol–water partition coefficient (Wildman–Crippen LogP) is 1.95. The summed E-state index contributed by atoms with van der Waals surface area (Å²) in [5.74, 6) is 1.38. The number of amides is 1. The second-order valence-electron chi connectivity index (χ2n) is 6.63. The van der Waals surface area contributed by atoms with Gasteiger partial charge in [0, 0.05) is 31.6 Å². The molecule has 4 rings (SSSR count). The van der Waals surface area contributed by atoms with Crippen molar-refractivity contribution in [1.82, 2.24) is 29.8 Å². The summed E-state index contributed by atoms with van der Waals surface area (Å²) >= 11 is 0. The molecule has 1 amide bonds. The smallest absolute Gasteiger partial charge is 0.230 e. The first-order valence-electron chi connectivity index (χ1n) is 8.80. The number of likely N-dealkylation sites (tertiary alicyclic amines) is 1. The zero-order valence-corrected chi connectivity index (χ0v) is 14.9. The van der Waals surface area contributed by atoms with E-state index < -0.39 is 0 Å². The van der Waals surface area contributed by atoms with Gasteiger partial charge < -0.3 is 9.42 Å². The molecule has 140 valence electrons. The molecule has 0 spiro atoms. The van der Waals surface area contributed by atoms with Gasteiger partial charge >= 0.3 is 0 Å². The van der Waals surface area contributed by atoms with Gasteiger partial charge in [0.2, 0.25) is 17.6 Å². The summed E-state index contributed by atoms with van der Waals surface area (Å²) in [5.41, 5.74) is 0.710. The topological polar surface area (TPSA) is 89.9 Å². The zero-order chi connectivity index (χ0) is 18.8. The van der Waals surface area contributed by atoms with Gasteiger partial charge in [-0.25, -0.2) is 9.37 Å². The van der Waals surface area contributed by atoms with Gasteiger partial charge in [-0.3, -0.25) is 9.48 Å². The monoisotopic (exact) mass is 370 g/mol. The number of aryl methyl sites for hydroxylation is 1. The molecule has 0 saturated carbocycles.